The quantitative estimate of drug-likeness (QED) is 0.797. The van der Waals surface area contributed by atoms with Crippen LogP contribution in [-0.2, 0) is 11.2 Å². The fourth-order valence-electron chi connectivity index (χ4n) is 3.51. The lowest BCUT2D eigenvalue weighted by atomic mass is 9.98. The number of ether oxygens (including phenoxy) is 1. The highest BCUT2D eigenvalue weighted by Crippen LogP contribution is 2.20. The summed E-state index contributed by atoms with van der Waals surface area (Å²) in [6, 6.07) is 18.1. The Morgan fingerprint density at radius 1 is 1.16 bits per heavy atom. The Balaban J connectivity index is 1.48. The molecule has 1 fully saturated rings. The van der Waals surface area contributed by atoms with E-state index in [0.717, 1.165) is 24.0 Å². The molecule has 1 saturated heterocycles. The predicted octanol–water partition coefficient (Wildman–Crippen LogP) is 3.50. The van der Waals surface area contributed by atoms with Crippen LogP contribution in [0.5, 0.6) is 0 Å². The van der Waals surface area contributed by atoms with Gasteiger partial charge < -0.3 is 14.6 Å². The van der Waals surface area contributed by atoms with E-state index in [2.05, 4.69) is 29.2 Å². The zero-order valence-corrected chi connectivity index (χ0v) is 14.2. The summed E-state index contributed by atoms with van der Waals surface area (Å²) in [5.74, 6) is 0.406. The predicted molar refractivity (Wildman–Crippen MR) is 98.7 cm³/mol. The van der Waals surface area contributed by atoms with Gasteiger partial charge in [-0.15, -0.1) is 0 Å². The second-order valence-corrected chi connectivity index (χ2v) is 6.66. The number of fused-ring (bicyclic) bond motifs is 1. The molecule has 1 aliphatic rings. The van der Waals surface area contributed by atoms with Crippen molar-refractivity contribution in [2.75, 3.05) is 26.3 Å². The van der Waals surface area contributed by atoms with E-state index in [4.69, 9.17) is 4.74 Å². The van der Waals surface area contributed by atoms with Crippen molar-refractivity contribution < 1.29 is 9.53 Å². The molecule has 1 aromatic heterocycles. The fourth-order valence-corrected chi connectivity index (χ4v) is 3.51. The molecule has 0 spiro atoms. The number of carbonyl (C=O) groups is 1. The lowest BCUT2D eigenvalue weighted by Crippen LogP contribution is -2.36. The molecular formula is C21H22N2O2. The van der Waals surface area contributed by atoms with Gasteiger partial charge in [0.15, 0.2) is 0 Å². The van der Waals surface area contributed by atoms with E-state index in [0.29, 0.717) is 25.7 Å². The standard InChI is InChI=1S/C21H22N2O2/c24-21(18-4-2-1-3-5-18)23-10-11-25-15-17(14-23)12-16-6-7-20-19(13-16)8-9-22-20/h1-9,13,17,22H,10-12,14-15H2. The van der Waals surface area contributed by atoms with Gasteiger partial charge in [0.25, 0.3) is 5.91 Å². The number of carbonyl (C=O) groups excluding carboxylic acids is 1. The van der Waals surface area contributed by atoms with Gasteiger partial charge in [-0.3, -0.25) is 4.79 Å². The topological polar surface area (TPSA) is 45.3 Å². The number of nitrogens with zero attached hydrogens (tertiary/aromatic N) is 1. The zero-order chi connectivity index (χ0) is 17.1. The van der Waals surface area contributed by atoms with E-state index in [-0.39, 0.29) is 5.91 Å². The first-order chi connectivity index (χ1) is 12.3. The molecule has 1 unspecified atom stereocenters. The molecule has 0 radical (unpaired) electrons. The molecule has 3 aromatic rings. The third-order valence-corrected chi connectivity index (χ3v) is 4.79. The van der Waals surface area contributed by atoms with Crippen LogP contribution in [0.1, 0.15) is 15.9 Å². The Morgan fingerprint density at radius 2 is 2.04 bits per heavy atom. The Morgan fingerprint density at radius 3 is 2.92 bits per heavy atom. The number of amides is 1. The van der Waals surface area contributed by atoms with Gasteiger partial charge in [0, 0.05) is 36.3 Å². The third kappa shape index (κ3) is 3.59. The first-order valence-electron chi connectivity index (χ1n) is 8.78. The summed E-state index contributed by atoms with van der Waals surface area (Å²) in [5.41, 5.74) is 3.19. The maximum Gasteiger partial charge on any atom is 0.253 e. The number of rotatable bonds is 3. The molecule has 4 rings (SSSR count). The van der Waals surface area contributed by atoms with Gasteiger partial charge >= 0.3 is 0 Å². The van der Waals surface area contributed by atoms with Gasteiger partial charge in [0.1, 0.15) is 0 Å². The number of hydrogen-bond donors (Lipinski definition) is 1. The van der Waals surface area contributed by atoms with E-state index in [1.54, 1.807) is 0 Å². The minimum Gasteiger partial charge on any atom is -0.379 e. The van der Waals surface area contributed by atoms with Gasteiger partial charge in [0.2, 0.25) is 0 Å². The van der Waals surface area contributed by atoms with Gasteiger partial charge in [0.05, 0.1) is 13.2 Å². The average molecular weight is 334 g/mol. The van der Waals surface area contributed by atoms with Crippen LogP contribution in [0.4, 0.5) is 0 Å². The smallest absolute Gasteiger partial charge is 0.253 e. The minimum atomic E-state index is 0.0946. The summed E-state index contributed by atoms with van der Waals surface area (Å²) < 4.78 is 5.77. The molecule has 4 heteroatoms. The summed E-state index contributed by atoms with van der Waals surface area (Å²) in [6.45, 7) is 2.69. The van der Waals surface area contributed by atoms with E-state index in [1.807, 2.05) is 41.4 Å². The van der Waals surface area contributed by atoms with E-state index in [1.165, 1.54) is 10.9 Å². The lowest BCUT2D eigenvalue weighted by molar-refractivity contribution is 0.0737. The zero-order valence-electron chi connectivity index (χ0n) is 14.2. The van der Waals surface area contributed by atoms with Crippen LogP contribution in [0.2, 0.25) is 0 Å². The van der Waals surface area contributed by atoms with Crippen molar-refractivity contribution in [1.29, 1.82) is 0 Å². The summed E-state index contributed by atoms with van der Waals surface area (Å²) in [6.07, 6.45) is 2.88. The van der Waals surface area contributed by atoms with Crippen LogP contribution in [-0.4, -0.2) is 42.1 Å². The molecule has 25 heavy (non-hydrogen) atoms. The molecule has 1 atom stereocenters. The highest BCUT2D eigenvalue weighted by Gasteiger charge is 2.23. The van der Waals surface area contributed by atoms with Crippen LogP contribution < -0.4 is 0 Å². The molecule has 2 heterocycles. The molecule has 128 valence electrons. The molecular weight excluding hydrogens is 312 g/mol. The number of benzene rings is 2. The highest BCUT2D eigenvalue weighted by molar-refractivity contribution is 5.94. The molecule has 0 bridgehead atoms. The maximum absolute atomic E-state index is 12.8. The summed E-state index contributed by atoms with van der Waals surface area (Å²) in [4.78, 5) is 17.9. The number of aromatic nitrogens is 1. The van der Waals surface area contributed by atoms with Crippen LogP contribution in [0.15, 0.2) is 60.8 Å². The number of H-pyrrole nitrogens is 1. The monoisotopic (exact) mass is 334 g/mol. The first kappa shape index (κ1) is 15.9. The number of aromatic amines is 1. The molecule has 1 aliphatic heterocycles. The van der Waals surface area contributed by atoms with Crippen LogP contribution in [0, 0.1) is 5.92 Å². The minimum absolute atomic E-state index is 0.0946. The van der Waals surface area contributed by atoms with Gasteiger partial charge in [-0.2, -0.15) is 0 Å². The van der Waals surface area contributed by atoms with Crippen LogP contribution in [0.3, 0.4) is 0 Å². The van der Waals surface area contributed by atoms with E-state index in [9.17, 15) is 4.79 Å². The first-order valence-corrected chi connectivity index (χ1v) is 8.78. The maximum atomic E-state index is 12.8. The van der Waals surface area contributed by atoms with Crippen molar-refractivity contribution in [3.63, 3.8) is 0 Å². The number of hydrogen-bond acceptors (Lipinski definition) is 2. The number of nitrogens with one attached hydrogen (secondary N) is 1. The van der Waals surface area contributed by atoms with Crippen molar-refractivity contribution >= 4 is 16.8 Å². The SMILES string of the molecule is O=C(c1ccccc1)N1CCOCC(Cc2ccc3[nH]ccc3c2)C1. The summed E-state index contributed by atoms with van der Waals surface area (Å²) >= 11 is 0. The van der Waals surface area contributed by atoms with Crippen LogP contribution in [0.25, 0.3) is 10.9 Å². The summed E-state index contributed by atoms with van der Waals surface area (Å²) in [5, 5.41) is 1.23. The Bertz CT molecular complexity index is 856. The average Bonchev–Trinajstić information content (AvgIpc) is 2.99. The lowest BCUT2D eigenvalue weighted by Gasteiger charge is -2.24. The van der Waals surface area contributed by atoms with Crippen molar-refractivity contribution in [2.24, 2.45) is 5.92 Å². The van der Waals surface area contributed by atoms with Crippen molar-refractivity contribution in [3.8, 4) is 0 Å². The molecule has 2 aromatic carbocycles. The van der Waals surface area contributed by atoms with Gasteiger partial charge in [-0.25, -0.2) is 0 Å². The second kappa shape index (κ2) is 7.11. The van der Waals surface area contributed by atoms with Crippen molar-refractivity contribution in [1.82, 2.24) is 9.88 Å². The largest absolute Gasteiger partial charge is 0.379 e. The van der Waals surface area contributed by atoms with Crippen molar-refractivity contribution in [2.45, 2.75) is 6.42 Å². The Labute approximate surface area is 147 Å². The molecule has 0 aliphatic carbocycles. The third-order valence-electron chi connectivity index (χ3n) is 4.79. The molecule has 1 N–H and O–H groups in total. The second-order valence-electron chi connectivity index (χ2n) is 6.66. The normalized spacial score (nSPS) is 18.2. The Hall–Kier alpha value is -2.59. The highest BCUT2D eigenvalue weighted by atomic mass is 16.5. The van der Waals surface area contributed by atoms with E-state index >= 15 is 0 Å². The Kier molecular flexibility index (Phi) is 4.53. The fraction of sp³-hybridized carbons (Fsp3) is 0.286. The molecule has 0 saturated carbocycles. The molecule has 1 amide bonds. The van der Waals surface area contributed by atoms with E-state index < -0.39 is 0 Å². The summed E-state index contributed by atoms with van der Waals surface area (Å²) in [7, 11) is 0. The van der Waals surface area contributed by atoms with Gasteiger partial charge in [-0.05, 0) is 47.7 Å². The van der Waals surface area contributed by atoms with Crippen molar-refractivity contribution in [3.05, 3.63) is 71.9 Å². The van der Waals surface area contributed by atoms with Gasteiger partial charge in [-0.1, -0.05) is 24.3 Å². The van der Waals surface area contributed by atoms with Crippen LogP contribution >= 0.6 is 0 Å². The molecule has 4 nitrogen and oxygen atoms in total.